The Morgan fingerprint density at radius 2 is 1.68 bits per heavy atom. The van der Waals surface area contributed by atoms with Crippen LogP contribution in [-0.4, -0.2) is 62.5 Å². The third kappa shape index (κ3) is 4.08. The van der Waals surface area contributed by atoms with Gasteiger partial charge in [0.2, 0.25) is 11.8 Å². The number of aromatic amines is 1. The highest BCUT2D eigenvalue weighted by Gasteiger charge is 2.60. The summed E-state index contributed by atoms with van der Waals surface area (Å²) >= 11 is 0. The first-order valence-corrected chi connectivity index (χ1v) is 12.5. The summed E-state index contributed by atoms with van der Waals surface area (Å²) in [6, 6.07) is 18.6. The van der Waals surface area contributed by atoms with Gasteiger partial charge >= 0.3 is 6.03 Å². The molecule has 0 aliphatic carbocycles. The summed E-state index contributed by atoms with van der Waals surface area (Å²) < 4.78 is 5.29. The standard InChI is InChI=1S/C28H27N7O3/c1-38-24-11-14-30-26(32-24)35-27(37)34(23-9-7-21(8-10-23)20-5-3-2-4-6-20)25(36)28(35)12-15-33(16-13-28)18-22-17-29-19-31-22/h2-11,14,17,19H,12-13,15-16,18H2,1H3,(H,29,31). The molecule has 10 nitrogen and oxygen atoms in total. The van der Waals surface area contributed by atoms with Crippen molar-refractivity contribution in [1.82, 2.24) is 24.8 Å². The molecule has 10 heteroatoms. The smallest absolute Gasteiger partial charge is 0.339 e. The monoisotopic (exact) mass is 509 g/mol. The average molecular weight is 510 g/mol. The molecule has 1 N–H and O–H groups in total. The maximum Gasteiger partial charge on any atom is 0.339 e. The Morgan fingerprint density at radius 1 is 0.947 bits per heavy atom. The molecule has 2 aliphatic rings. The molecule has 2 aliphatic heterocycles. The maximum absolute atomic E-state index is 14.2. The molecule has 2 saturated heterocycles. The predicted octanol–water partition coefficient (Wildman–Crippen LogP) is 3.88. The number of hydrogen-bond donors (Lipinski definition) is 1. The molecule has 2 aromatic carbocycles. The Labute approximate surface area is 219 Å². The lowest BCUT2D eigenvalue weighted by Crippen LogP contribution is -2.57. The molecular formula is C28H27N7O3. The van der Waals surface area contributed by atoms with Gasteiger partial charge in [0.15, 0.2) is 0 Å². The number of hydrogen-bond acceptors (Lipinski definition) is 7. The summed E-state index contributed by atoms with van der Waals surface area (Å²) in [4.78, 5) is 49.2. The summed E-state index contributed by atoms with van der Waals surface area (Å²) in [5, 5.41) is 0. The summed E-state index contributed by atoms with van der Waals surface area (Å²) in [6.07, 6.45) is 5.95. The van der Waals surface area contributed by atoms with Crippen LogP contribution in [0.5, 0.6) is 5.88 Å². The minimum Gasteiger partial charge on any atom is -0.481 e. The number of ether oxygens (including phenoxy) is 1. The largest absolute Gasteiger partial charge is 0.481 e. The second-order valence-corrected chi connectivity index (χ2v) is 9.44. The Balaban J connectivity index is 1.34. The minimum atomic E-state index is -1.09. The molecule has 2 aromatic heterocycles. The molecule has 38 heavy (non-hydrogen) atoms. The van der Waals surface area contributed by atoms with Crippen molar-refractivity contribution in [2.45, 2.75) is 24.9 Å². The van der Waals surface area contributed by atoms with E-state index in [0.717, 1.165) is 16.8 Å². The van der Waals surface area contributed by atoms with E-state index < -0.39 is 11.6 Å². The van der Waals surface area contributed by atoms with Gasteiger partial charge in [0.05, 0.1) is 24.8 Å². The molecular weight excluding hydrogens is 482 g/mol. The number of likely N-dealkylation sites (tertiary alicyclic amines) is 1. The number of piperidine rings is 1. The van der Waals surface area contributed by atoms with Crippen molar-refractivity contribution in [3.63, 3.8) is 0 Å². The van der Waals surface area contributed by atoms with E-state index in [1.165, 1.54) is 23.1 Å². The van der Waals surface area contributed by atoms with Crippen LogP contribution in [0.4, 0.5) is 16.4 Å². The molecule has 4 aromatic rings. The SMILES string of the molecule is COc1ccnc(N2C(=O)N(c3ccc(-c4ccccc4)cc3)C(=O)C23CCN(Cc2c[nH]cn2)CC3)n1. The number of aromatic nitrogens is 4. The van der Waals surface area contributed by atoms with Gasteiger partial charge in [-0.05, 0) is 36.1 Å². The average Bonchev–Trinajstić information content (AvgIpc) is 3.55. The van der Waals surface area contributed by atoms with Crippen LogP contribution in [0.15, 0.2) is 79.4 Å². The third-order valence-corrected chi connectivity index (χ3v) is 7.29. The van der Waals surface area contributed by atoms with Gasteiger partial charge in [-0.3, -0.25) is 9.69 Å². The van der Waals surface area contributed by atoms with Crippen LogP contribution in [-0.2, 0) is 11.3 Å². The first-order valence-electron chi connectivity index (χ1n) is 12.5. The van der Waals surface area contributed by atoms with E-state index in [1.54, 1.807) is 12.4 Å². The number of benzene rings is 2. The van der Waals surface area contributed by atoms with Crippen molar-refractivity contribution in [3.8, 4) is 17.0 Å². The fourth-order valence-electron chi connectivity index (χ4n) is 5.29. The van der Waals surface area contributed by atoms with Crippen molar-refractivity contribution in [3.05, 3.63) is 85.1 Å². The number of anilines is 2. The fourth-order valence-corrected chi connectivity index (χ4v) is 5.29. The molecule has 4 heterocycles. The summed E-state index contributed by atoms with van der Waals surface area (Å²) in [6.45, 7) is 1.91. The molecule has 0 radical (unpaired) electrons. The molecule has 0 unspecified atom stereocenters. The second-order valence-electron chi connectivity index (χ2n) is 9.44. The fraction of sp³-hybridized carbons (Fsp3) is 0.250. The molecule has 6 rings (SSSR count). The first kappa shape index (κ1) is 23.8. The van der Waals surface area contributed by atoms with Gasteiger partial charge in [0.1, 0.15) is 5.54 Å². The number of urea groups is 1. The van der Waals surface area contributed by atoms with Crippen LogP contribution < -0.4 is 14.5 Å². The highest BCUT2D eigenvalue weighted by Crippen LogP contribution is 2.42. The van der Waals surface area contributed by atoms with E-state index in [-0.39, 0.29) is 11.9 Å². The summed E-state index contributed by atoms with van der Waals surface area (Å²) in [7, 11) is 1.51. The number of nitrogens with one attached hydrogen (secondary N) is 1. The summed E-state index contributed by atoms with van der Waals surface area (Å²) in [5.41, 5.74) is 2.42. The Kier molecular flexibility index (Phi) is 6.09. The van der Waals surface area contributed by atoms with Gasteiger partial charge in [-0.2, -0.15) is 4.98 Å². The van der Waals surface area contributed by atoms with E-state index in [2.05, 4.69) is 24.8 Å². The highest BCUT2D eigenvalue weighted by molar-refractivity contribution is 6.30. The lowest BCUT2D eigenvalue weighted by atomic mass is 9.85. The lowest BCUT2D eigenvalue weighted by molar-refractivity contribution is -0.123. The third-order valence-electron chi connectivity index (χ3n) is 7.29. The molecule has 0 atom stereocenters. The van der Waals surface area contributed by atoms with Crippen molar-refractivity contribution in [1.29, 1.82) is 0 Å². The second kappa shape index (κ2) is 9.71. The normalized spacial score (nSPS) is 17.4. The number of amides is 3. The Bertz CT molecular complexity index is 1430. The number of nitrogens with zero attached hydrogens (tertiary/aromatic N) is 6. The van der Waals surface area contributed by atoms with Gasteiger partial charge in [-0.1, -0.05) is 42.5 Å². The highest BCUT2D eigenvalue weighted by atomic mass is 16.5. The number of H-pyrrole nitrogens is 1. The molecule has 2 fully saturated rings. The number of methoxy groups -OCH3 is 1. The van der Waals surface area contributed by atoms with Gasteiger partial charge < -0.3 is 9.72 Å². The molecule has 0 saturated carbocycles. The van der Waals surface area contributed by atoms with Crippen LogP contribution in [0.25, 0.3) is 11.1 Å². The van der Waals surface area contributed by atoms with Gasteiger partial charge in [-0.15, -0.1) is 0 Å². The van der Waals surface area contributed by atoms with Crippen LogP contribution in [0.2, 0.25) is 0 Å². The van der Waals surface area contributed by atoms with Crippen molar-refractivity contribution < 1.29 is 14.3 Å². The quantitative estimate of drug-likeness (QED) is 0.393. The van der Waals surface area contributed by atoms with E-state index in [9.17, 15) is 9.59 Å². The Hall–Kier alpha value is -4.57. The maximum atomic E-state index is 14.2. The molecule has 1 spiro atoms. The zero-order chi connectivity index (χ0) is 26.1. The number of imidazole rings is 1. The first-order chi connectivity index (χ1) is 18.6. The van der Waals surface area contributed by atoms with Gasteiger partial charge in [0, 0.05) is 38.1 Å². The topological polar surface area (TPSA) is 108 Å². The molecule has 192 valence electrons. The summed E-state index contributed by atoms with van der Waals surface area (Å²) in [5.74, 6) is 0.222. The molecule has 0 bridgehead atoms. The van der Waals surface area contributed by atoms with E-state index in [1.807, 2.05) is 60.8 Å². The van der Waals surface area contributed by atoms with Crippen LogP contribution in [0, 0.1) is 0 Å². The van der Waals surface area contributed by atoms with Crippen LogP contribution in [0.1, 0.15) is 18.5 Å². The van der Waals surface area contributed by atoms with E-state index in [4.69, 9.17) is 4.74 Å². The van der Waals surface area contributed by atoms with Crippen LogP contribution >= 0.6 is 0 Å². The number of carbonyl (C=O) groups excluding carboxylic acids is 2. The Morgan fingerprint density at radius 3 is 2.37 bits per heavy atom. The number of rotatable bonds is 6. The van der Waals surface area contributed by atoms with Crippen molar-refractivity contribution in [2.24, 2.45) is 0 Å². The number of imide groups is 1. The zero-order valence-corrected chi connectivity index (χ0v) is 20.9. The lowest BCUT2D eigenvalue weighted by Gasteiger charge is -2.41. The predicted molar refractivity (Wildman–Crippen MR) is 142 cm³/mol. The minimum absolute atomic E-state index is 0.159. The van der Waals surface area contributed by atoms with Crippen molar-refractivity contribution >= 4 is 23.6 Å². The van der Waals surface area contributed by atoms with Gasteiger partial charge in [0.25, 0.3) is 5.91 Å². The van der Waals surface area contributed by atoms with Crippen molar-refractivity contribution in [2.75, 3.05) is 30.0 Å². The zero-order valence-electron chi connectivity index (χ0n) is 20.9. The number of carbonyl (C=O) groups is 2. The van der Waals surface area contributed by atoms with Gasteiger partial charge in [-0.25, -0.2) is 24.6 Å². The molecule has 3 amide bonds. The van der Waals surface area contributed by atoms with E-state index in [0.29, 0.717) is 44.0 Å². The van der Waals surface area contributed by atoms with E-state index >= 15 is 0 Å². The van der Waals surface area contributed by atoms with Crippen LogP contribution in [0.3, 0.4) is 0 Å².